The number of hydrogen-bond acceptors (Lipinski definition) is 2. The molecule has 4 heteroatoms. The van der Waals surface area contributed by atoms with Gasteiger partial charge in [0.25, 0.3) is 0 Å². The third-order valence-corrected chi connectivity index (χ3v) is 4.34. The first kappa shape index (κ1) is 16.8. The van der Waals surface area contributed by atoms with Gasteiger partial charge in [-0.15, -0.1) is 0 Å². The second-order valence-corrected chi connectivity index (χ2v) is 6.28. The maximum absolute atomic E-state index is 5.18. The van der Waals surface area contributed by atoms with Crippen LogP contribution in [0.2, 0.25) is 0 Å². The Bertz CT molecular complexity index is 479. The number of benzene rings is 1. The van der Waals surface area contributed by atoms with E-state index in [-0.39, 0.29) is 0 Å². The summed E-state index contributed by atoms with van der Waals surface area (Å²) in [4.78, 5) is 4.34. The van der Waals surface area contributed by atoms with Crippen LogP contribution in [0.5, 0.6) is 0 Å². The van der Waals surface area contributed by atoms with Gasteiger partial charge in [-0.05, 0) is 42.7 Å². The molecule has 1 saturated carbocycles. The lowest BCUT2D eigenvalue weighted by Crippen LogP contribution is -2.44. The van der Waals surface area contributed by atoms with Crippen molar-refractivity contribution in [1.29, 1.82) is 0 Å². The van der Waals surface area contributed by atoms with Crippen LogP contribution in [0.25, 0.3) is 0 Å². The molecule has 1 aromatic carbocycles. The van der Waals surface area contributed by atoms with E-state index in [0.29, 0.717) is 12.6 Å². The van der Waals surface area contributed by atoms with Crippen molar-refractivity contribution in [3.63, 3.8) is 0 Å². The highest BCUT2D eigenvalue weighted by molar-refractivity contribution is 5.79. The van der Waals surface area contributed by atoms with Gasteiger partial charge in [-0.25, -0.2) is 0 Å². The lowest BCUT2D eigenvalue weighted by molar-refractivity contribution is 0.185. The number of ether oxygens (including phenoxy) is 1. The highest BCUT2D eigenvalue weighted by Crippen LogP contribution is 2.23. The van der Waals surface area contributed by atoms with Crippen LogP contribution in [0.15, 0.2) is 29.3 Å². The first-order valence-electron chi connectivity index (χ1n) is 8.25. The van der Waals surface area contributed by atoms with Crippen LogP contribution in [0.3, 0.4) is 0 Å². The summed E-state index contributed by atoms with van der Waals surface area (Å²) in [5.74, 6) is 1.77. The van der Waals surface area contributed by atoms with Gasteiger partial charge in [-0.3, -0.25) is 4.99 Å². The second kappa shape index (κ2) is 8.79. The molecule has 0 bridgehead atoms. The van der Waals surface area contributed by atoms with E-state index >= 15 is 0 Å². The summed E-state index contributed by atoms with van der Waals surface area (Å²) in [5.41, 5.74) is 2.45. The minimum absolute atomic E-state index is 0.558. The molecule has 2 N–H and O–H groups in total. The Morgan fingerprint density at radius 2 is 1.95 bits per heavy atom. The number of nitrogens with one attached hydrogen (secondary N) is 2. The molecule has 0 aromatic heterocycles. The average molecular weight is 303 g/mol. The van der Waals surface area contributed by atoms with Crippen molar-refractivity contribution in [2.45, 2.75) is 51.8 Å². The molecule has 1 aliphatic carbocycles. The monoisotopic (exact) mass is 303 g/mol. The van der Waals surface area contributed by atoms with Crippen LogP contribution in [0.4, 0.5) is 0 Å². The number of nitrogens with zero attached hydrogens (tertiary/aromatic N) is 1. The molecule has 122 valence electrons. The lowest BCUT2D eigenvalue weighted by Gasteiger charge is -2.28. The zero-order chi connectivity index (χ0) is 15.8. The van der Waals surface area contributed by atoms with Gasteiger partial charge in [0, 0.05) is 26.7 Å². The van der Waals surface area contributed by atoms with Crippen LogP contribution in [0.1, 0.15) is 43.7 Å². The van der Waals surface area contributed by atoms with E-state index in [1.165, 1.54) is 36.8 Å². The quantitative estimate of drug-likeness (QED) is 0.649. The third-order valence-electron chi connectivity index (χ3n) is 4.34. The molecule has 0 heterocycles. The number of aliphatic imine (C=N–C) groups is 1. The normalized spacial score (nSPS) is 22.4. The molecule has 0 unspecified atom stereocenters. The van der Waals surface area contributed by atoms with Crippen molar-refractivity contribution in [3.8, 4) is 0 Å². The smallest absolute Gasteiger partial charge is 0.191 e. The molecule has 0 saturated heterocycles. The maximum atomic E-state index is 5.18. The van der Waals surface area contributed by atoms with E-state index in [0.717, 1.165) is 18.4 Å². The summed E-state index contributed by atoms with van der Waals surface area (Å²) in [6.45, 7) is 3.78. The predicted molar refractivity (Wildman–Crippen MR) is 91.9 cm³/mol. The van der Waals surface area contributed by atoms with Crippen molar-refractivity contribution in [3.05, 3.63) is 35.4 Å². The molecule has 2 rings (SSSR count). The summed E-state index contributed by atoms with van der Waals surface area (Å²) >= 11 is 0. The van der Waals surface area contributed by atoms with Gasteiger partial charge in [0.2, 0.25) is 0 Å². The fourth-order valence-corrected chi connectivity index (χ4v) is 2.97. The molecule has 1 fully saturated rings. The SMILES string of the molecule is CN=C(NCc1cccc(COC)c1)NC1CCC(C)CC1. The summed E-state index contributed by atoms with van der Waals surface area (Å²) in [6, 6.07) is 9.02. The van der Waals surface area contributed by atoms with Crippen LogP contribution in [-0.4, -0.2) is 26.2 Å². The molecular weight excluding hydrogens is 274 g/mol. The number of rotatable bonds is 5. The second-order valence-electron chi connectivity index (χ2n) is 6.28. The van der Waals surface area contributed by atoms with Gasteiger partial charge in [0.15, 0.2) is 5.96 Å². The first-order valence-corrected chi connectivity index (χ1v) is 8.25. The minimum Gasteiger partial charge on any atom is -0.380 e. The van der Waals surface area contributed by atoms with Crippen molar-refractivity contribution in [1.82, 2.24) is 10.6 Å². The molecule has 0 aliphatic heterocycles. The predicted octanol–water partition coefficient (Wildman–Crippen LogP) is 3.08. The van der Waals surface area contributed by atoms with Crippen molar-refractivity contribution >= 4 is 5.96 Å². The van der Waals surface area contributed by atoms with Gasteiger partial charge < -0.3 is 15.4 Å². The fraction of sp³-hybridized carbons (Fsp3) is 0.611. The molecule has 0 atom stereocenters. The molecule has 1 aliphatic rings. The zero-order valence-corrected chi connectivity index (χ0v) is 14.1. The van der Waals surface area contributed by atoms with Crippen LogP contribution >= 0.6 is 0 Å². The molecule has 1 aromatic rings. The summed E-state index contributed by atoms with van der Waals surface area (Å²) < 4.78 is 5.18. The molecule has 0 radical (unpaired) electrons. The molecule has 22 heavy (non-hydrogen) atoms. The van der Waals surface area contributed by atoms with Gasteiger partial charge in [-0.2, -0.15) is 0 Å². The number of hydrogen-bond donors (Lipinski definition) is 2. The molecule has 4 nitrogen and oxygen atoms in total. The topological polar surface area (TPSA) is 45.7 Å². The Balaban J connectivity index is 1.82. The summed E-state index contributed by atoms with van der Waals surface area (Å²) in [6.07, 6.45) is 5.11. The Morgan fingerprint density at radius 3 is 2.64 bits per heavy atom. The maximum Gasteiger partial charge on any atom is 0.191 e. The van der Waals surface area contributed by atoms with Gasteiger partial charge in [0.05, 0.1) is 6.61 Å². The summed E-state index contributed by atoms with van der Waals surface area (Å²) in [5, 5.41) is 6.96. The number of guanidine groups is 1. The summed E-state index contributed by atoms with van der Waals surface area (Å²) in [7, 11) is 3.56. The highest BCUT2D eigenvalue weighted by Gasteiger charge is 2.18. The lowest BCUT2D eigenvalue weighted by atomic mass is 9.87. The third kappa shape index (κ3) is 5.34. The average Bonchev–Trinajstić information content (AvgIpc) is 2.54. The molecule has 0 spiro atoms. The van der Waals surface area contributed by atoms with E-state index in [9.17, 15) is 0 Å². The minimum atomic E-state index is 0.558. The van der Waals surface area contributed by atoms with E-state index in [2.05, 4.69) is 46.8 Å². The zero-order valence-electron chi connectivity index (χ0n) is 14.1. The highest BCUT2D eigenvalue weighted by atomic mass is 16.5. The van der Waals surface area contributed by atoms with E-state index in [1.807, 2.05) is 7.05 Å². The number of methoxy groups -OCH3 is 1. The van der Waals surface area contributed by atoms with Gasteiger partial charge in [-0.1, -0.05) is 31.2 Å². The standard InChI is InChI=1S/C18H29N3O/c1-14-7-9-17(10-8-14)21-18(19-2)20-12-15-5-4-6-16(11-15)13-22-3/h4-6,11,14,17H,7-10,12-13H2,1-3H3,(H2,19,20,21). The Kier molecular flexibility index (Phi) is 6.72. The van der Waals surface area contributed by atoms with Gasteiger partial charge in [0.1, 0.15) is 0 Å². The molecular formula is C18H29N3O. The van der Waals surface area contributed by atoms with Crippen molar-refractivity contribution in [2.75, 3.05) is 14.2 Å². The Morgan fingerprint density at radius 1 is 1.23 bits per heavy atom. The molecule has 0 amide bonds. The Labute approximate surface area is 134 Å². The van der Waals surface area contributed by atoms with Crippen molar-refractivity contribution in [2.24, 2.45) is 10.9 Å². The van der Waals surface area contributed by atoms with E-state index < -0.39 is 0 Å². The van der Waals surface area contributed by atoms with Crippen molar-refractivity contribution < 1.29 is 4.74 Å². The fourth-order valence-electron chi connectivity index (χ4n) is 2.97. The van der Waals surface area contributed by atoms with E-state index in [4.69, 9.17) is 4.74 Å². The van der Waals surface area contributed by atoms with Crippen LogP contribution in [-0.2, 0) is 17.9 Å². The van der Waals surface area contributed by atoms with Gasteiger partial charge >= 0.3 is 0 Å². The van der Waals surface area contributed by atoms with E-state index in [1.54, 1.807) is 7.11 Å². The first-order chi connectivity index (χ1) is 10.7. The Hall–Kier alpha value is -1.55. The van der Waals surface area contributed by atoms with Crippen LogP contribution < -0.4 is 10.6 Å². The van der Waals surface area contributed by atoms with Crippen LogP contribution in [0, 0.1) is 5.92 Å². The largest absolute Gasteiger partial charge is 0.380 e.